The molecule has 12 heavy (non-hydrogen) atoms. The molecule has 0 aromatic carbocycles. The van der Waals surface area contributed by atoms with E-state index in [2.05, 4.69) is 5.32 Å². The molecular formula is C8H14N2O2. The fraction of sp³-hybridized carbons (Fsp3) is 0.500. The predicted molar refractivity (Wildman–Crippen MR) is 47.2 cm³/mol. The molecule has 2 N–H and O–H groups in total. The van der Waals surface area contributed by atoms with Gasteiger partial charge in [0, 0.05) is 19.0 Å². The van der Waals surface area contributed by atoms with Crippen LogP contribution in [0.1, 0.15) is 13.8 Å². The summed E-state index contributed by atoms with van der Waals surface area (Å²) in [5, 5.41) is 9.74. The molecule has 0 fully saturated rings. The van der Waals surface area contributed by atoms with E-state index >= 15 is 0 Å². The summed E-state index contributed by atoms with van der Waals surface area (Å²) in [6.45, 7) is 4.68. The van der Waals surface area contributed by atoms with E-state index in [1.165, 1.54) is 6.20 Å². The normalized spacial score (nSPS) is 10.7. The van der Waals surface area contributed by atoms with Crippen LogP contribution in [0.5, 0.6) is 0 Å². The second-order valence-corrected chi connectivity index (χ2v) is 2.02. The average Bonchev–Trinajstić information content (AvgIpc) is 2.06. The number of nitrogens with one attached hydrogen (secondary N) is 2. The molecule has 0 spiro atoms. The molecule has 0 saturated heterocycles. The van der Waals surface area contributed by atoms with Crippen molar-refractivity contribution >= 4 is 12.2 Å². The zero-order valence-corrected chi connectivity index (χ0v) is 7.39. The molecular weight excluding hydrogens is 156 g/mol. The second-order valence-electron chi connectivity index (χ2n) is 2.02. The molecule has 0 rings (SSSR count). The molecule has 0 amide bonds. The smallest absolute Gasteiger partial charge is 0.341 e. The number of hydrogen-bond acceptors (Lipinski definition) is 4. The van der Waals surface area contributed by atoms with E-state index in [9.17, 15) is 4.79 Å². The van der Waals surface area contributed by atoms with Gasteiger partial charge in [-0.25, -0.2) is 4.79 Å². The molecule has 0 bridgehead atoms. The van der Waals surface area contributed by atoms with Crippen molar-refractivity contribution in [3.8, 4) is 0 Å². The molecule has 0 aliphatic carbocycles. The van der Waals surface area contributed by atoms with Crippen LogP contribution in [0, 0.1) is 5.41 Å². The molecule has 0 atom stereocenters. The van der Waals surface area contributed by atoms with Crippen molar-refractivity contribution in [3.63, 3.8) is 0 Å². The Balaban J connectivity index is 4.13. The van der Waals surface area contributed by atoms with Gasteiger partial charge in [0.05, 0.1) is 12.2 Å². The van der Waals surface area contributed by atoms with Gasteiger partial charge in [0.2, 0.25) is 0 Å². The lowest BCUT2D eigenvalue weighted by Gasteiger charge is -2.01. The van der Waals surface area contributed by atoms with E-state index in [0.29, 0.717) is 6.61 Å². The van der Waals surface area contributed by atoms with Gasteiger partial charge in [0.1, 0.15) is 0 Å². The first-order chi connectivity index (χ1) is 5.76. The summed E-state index contributed by atoms with van der Waals surface area (Å²) in [6, 6.07) is 0. The van der Waals surface area contributed by atoms with Gasteiger partial charge in [-0.3, -0.25) is 0 Å². The lowest BCUT2D eigenvalue weighted by atomic mass is 10.3. The molecule has 0 unspecified atom stereocenters. The Morgan fingerprint density at radius 3 is 2.67 bits per heavy atom. The average molecular weight is 170 g/mol. The number of hydrogen-bond donors (Lipinski definition) is 2. The topological polar surface area (TPSA) is 62.2 Å². The van der Waals surface area contributed by atoms with Crippen molar-refractivity contribution in [2.24, 2.45) is 0 Å². The van der Waals surface area contributed by atoms with Crippen LogP contribution >= 0.6 is 0 Å². The molecule has 0 aliphatic heterocycles. The van der Waals surface area contributed by atoms with E-state index in [-0.39, 0.29) is 5.57 Å². The number of rotatable bonds is 5. The Morgan fingerprint density at radius 2 is 2.25 bits per heavy atom. The monoisotopic (exact) mass is 170 g/mol. The minimum Gasteiger partial charge on any atom is -0.462 e. The highest BCUT2D eigenvalue weighted by Gasteiger charge is 2.05. The molecule has 0 radical (unpaired) electrons. The summed E-state index contributed by atoms with van der Waals surface area (Å²) in [5.41, 5.74) is 0.235. The summed E-state index contributed by atoms with van der Waals surface area (Å²) in [4.78, 5) is 11.0. The lowest BCUT2D eigenvalue weighted by molar-refractivity contribution is -0.137. The molecule has 0 aliphatic rings. The minimum atomic E-state index is -0.464. The SMILES string of the molecule is CCN/C=C(\C=N)C(=O)OCC. The summed E-state index contributed by atoms with van der Waals surface area (Å²) >= 11 is 0. The lowest BCUT2D eigenvalue weighted by Crippen LogP contribution is -2.13. The number of ether oxygens (including phenoxy) is 1. The third-order valence-corrected chi connectivity index (χ3v) is 1.13. The molecule has 0 aromatic rings. The van der Waals surface area contributed by atoms with E-state index in [4.69, 9.17) is 10.1 Å². The molecule has 4 heteroatoms. The maximum Gasteiger partial charge on any atom is 0.341 e. The first-order valence-corrected chi connectivity index (χ1v) is 3.87. The van der Waals surface area contributed by atoms with E-state index < -0.39 is 5.97 Å². The summed E-state index contributed by atoms with van der Waals surface area (Å²) in [5.74, 6) is -0.464. The highest BCUT2D eigenvalue weighted by Crippen LogP contribution is 1.92. The van der Waals surface area contributed by atoms with Crippen molar-refractivity contribution in [2.75, 3.05) is 13.2 Å². The Hall–Kier alpha value is -1.32. The highest BCUT2D eigenvalue weighted by atomic mass is 16.5. The quantitative estimate of drug-likeness (QED) is 0.362. The molecule has 0 saturated carbocycles. The van der Waals surface area contributed by atoms with Crippen molar-refractivity contribution in [3.05, 3.63) is 11.8 Å². The van der Waals surface area contributed by atoms with Crippen LogP contribution in [-0.2, 0) is 9.53 Å². The highest BCUT2D eigenvalue weighted by molar-refractivity contribution is 6.08. The van der Waals surface area contributed by atoms with Gasteiger partial charge in [0.25, 0.3) is 0 Å². The number of carbonyl (C=O) groups is 1. The van der Waals surface area contributed by atoms with Crippen LogP contribution in [0.2, 0.25) is 0 Å². The van der Waals surface area contributed by atoms with Crippen molar-refractivity contribution in [2.45, 2.75) is 13.8 Å². The third kappa shape index (κ3) is 3.75. The number of carbonyl (C=O) groups excluding carboxylic acids is 1. The Kier molecular flexibility index (Phi) is 5.69. The van der Waals surface area contributed by atoms with Gasteiger partial charge in [0.15, 0.2) is 0 Å². The van der Waals surface area contributed by atoms with Crippen LogP contribution in [0.3, 0.4) is 0 Å². The van der Waals surface area contributed by atoms with E-state index in [1.54, 1.807) is 6.92 Å². The maximum absolute atomic E-state index is 11.0. The summed E-state index contributed by atoms with van der Waals surface area (Å²) in [7, 11) is 0. The second kappa shape index (κ2) is 6.39. The molecule has 0 aromatic heterocycles. The first kappa shape index (κ1) is 10.7. The van der Waals surface area contributed by atoms with Crippen molar-refractivity contribution in [1.29, 1.82) is 5.41 Å². The Labute approximate surface area is 72.1 Å². The largest absolute Gasteiger partial charge is 0.462 e. The van der Waals surface area contributed by atoms with Gasteiger partial charge in [-0.15, -0.1) is 0 Å². The molecule has 68 valence electrons. The Bertz CT molecular complexity index is 187. The van der Waals surface area contributed by atoms with Crippen LogP contribution in [-0.4, -0.2) is 25.3 Å². The fourth-order valence-electron chi connectivity index (χ4n) is 0.586. The molecule has 4 nitrogen and oxygen atoms in total. The maximum atomic E-state index is 11.0. The Morgan fingerprint density at radius 1 is 1.58 bits per heavy atom. The van der Waals surface area contributed by atoms with E-state index in [1.807, 2.05) is 6.92 Å². The van der Waals surface area contributed by atoms with Gasteiger partial charge >= 0.3 is 5.97 Å². The van der Waals surface area contributed by atoms with Gasteiger partial charge in [-0.1, -0.05) is 0 Å². The van der Waals surface area contributed by atoms with Gasteiger partial charge in [-0.05, 0) is 13.8 Å². The van der Waals surface area contributed by atoms with Crippen molar-refractivity contribution < 1.29 is 9.53 Å². The fourth-order valence-corrected chi connectivity index (χ4v) is 0.586. The summed E-state index contributed by atoms with van der Waals surface area (Å²) < 4.78 is 4.69. The first-order valence-electron chi connectivity index (χ1n) is 3.87. The predicted octanol–water partition coefficient (Wildman–Crippen LogP) is 0.692. The summed E-state index contributed by atoms with van der Waals surface area (Å²) in [6.07, 6.45) is 2.45. The van der Waals surface area contributed by atoms with E-state index in [0.717, 1.165) is 12.8 Å². The zero-order valence-electron chi connectivity index (χ0n) is 7.39. The van der Waals surface area contributed by atoms with Crippen LogP contribution in [0.15, 0.2) is 11.8 Å². The van der Waals surface area contributed by atoms with Gasteiger partial charge < -0.3 is 15.5 Å². The van der Waals surface area contributed by atoms with Crippen molar-refractivity contribution in [1.82, 2.24) is 5.32 Å². The number of esters is 1. The third-order valence-electron chi connectivity index (χ3n) is 1.13. The zero-order chi connectivity index (χ0) is 9.40. The van der Waals surface area contributed by atoms with Crippen LogP contribution in [0.25, 0.3) is 0 Å². The van der Waals surface area contributed by atoms with Crippen LogP contribution in [0.4, 0.5) is 0 Å². The standard InChI is InChI=1S/C8H14N2O2/c1-3-10-6-7(5-9)8(11)12-4-2/h5-6,9-10H,3-4H2,1-2H3/b7-6+,9-5?. The van der Waals surface area contributed by atoms with Crippen LogP contribution < -0.4 is 5.32 Å². The van der Waals surface area contributed by atoms with Gasteiger partial charge in [-0.2, -0.15) is 0 Å². The minimum absolute atomic E-state index is 0.235. The molecule has 0 heterocycles.